The van der Waals surface area contributed by atoms with Crippen LogP contribution in [0.3, 0.4) is 0 Å². The van der Waals surface area contributed by atoms with Gasteiger partial charge in [0.05, 0.1) is 37.2 Å². The van der Waals surface area contributed by atoms with Gasteiger partial charge < -0.3 is 14.4 Å². The molecular formula is C30H34ClN3O3. The van der Waals surface area contributed by atoms with Crippen LogP contribution in [0.15, 0.2) is 60.7 Å². The molecule has 1 aliphatic heterocycles. The molecule has 37 heavy (non-hydrogen) atoms. The molecule has 2 aliphatic rings. The summed E-state index contributed by atoms with van der Waals surface area (Å²) in [7, 11) is 5.65. The Morgan fingerprint density at radius 3 is 2.19 bits per heavy atom. The van der Waals surface area contributed by atoms with Crippen LogP contribution in [-0.2, 0) is 11.2 Å². The standard InChI is InChI=1S/C30H34ClN3O3/c1-32(2)24-13-15-26(16-14-24)34-30(35)18-22-17-28(36-3)29(37-20-21-7-5-4-6-8-21)19-27(22)33(34)25-11-9-23(31)10-12-25/h9-17,19,21H,4-8,18,20H2,1-3H3. The van der Waals surface area contributed by atoms with E-state index in [1.165, 1.54) is 32.1 Å². The Bertz CT molecular complexity index is 1240. The molecular weight excluding hydrogens is 486 g/mol. The Hall–Kier alpha value is -3.38. The van der Waals surface area contributed by atoms with E-state index in [1.54, 1.807) is 12.1 Å². The number of nitrogens with zero attached hydrogens (tertiary/aromatic N) is 3. The fraction of sp³-hybridized carbons (Fsp3) is 0.367. The molecule has 0 bridgehead atoms. The van der Waals surface area contributed by atoms with Gasteiger partial charge >= 0.3 is 0 Å². The minimum Gasteiger partial charge on any atom is -0.493 e. The minimum atomic E-state index is -0.0296. The Morgan fingerprint density at radius 2 is 1.54 bits per heavy atom. The van der Waals surface area contributed by atoms with Crippen molar-refractivity contribution < 1.29 is 14.3 Å². The number of benzene rings is 3. The molecule has 0 aromatic heterocycles. The first kappa shape index (κ1) is 25.3. The van der Waals surface area contributed by atoms with E-state index < -0.39 is 0 Å². The lowest BCUT2D eigenvalue weighted by Gasteiger charge is -2.41. The molecule has 6 nitrogen and oxygen atoms in total. The van der Waals surface area contributed by atoms with Crippen molar-refractivity contribution in [3.8, 4) is 11.5 Å². The summed E-state index contributed by atoms with van der Waals surface area (Å²) in [6.45, 7) is 0.671. The number of rotatable bonds is 7. The lowest BCUT2D eigenvalue weighted by atomic mass is 9.90. The zero-order chi connectivity index (χ0) is 25.9. The van der Waals surface area contributed by atoms with Crippen LogP contribution in [-0.4, -0.2) is 33.7 Å². The van der Waals surface area contributed by atoms with Gasteiger partial charge in [-0.15, -0.1) is 0 Å². The smallest absolute Gasteiger partial charge is 0.250 e. The van der Waals surface area contributed by atoms with Crippen LogP contribution in [0.5, 0.6) is 11.5 Å². The number of fused-ring (bicyclic) bond motifs is 1. The fourth-order valence-corrected chi connectivity index (χ4v) is 5.34. The Balaban J connectivity index is 1.57. The lowest BCUT2D eigenvalue weighted by Crippen LogP contribution is -2.48. The van der Waals surface area contributed by atoms with Gasteiger partial charge in [-0.25, -0.2) is 10.0 Å². The maximum absolute atomic E-state index is 13.6. The third kappa shape index (κ3) is 5.35. The molecule has 3 aromatic rings. The van der Waals surface area contributed by atoms with Crippen molar-refractivity contribution in [1.82, 2.24) is 0 Å². The van der Waals surface area contributed by atoms with Gasteiger partial charge in [0.25, 0.3) is 5.91 Å². The number of halogens is 1. The molecule has 1 saturated carbocycles. The molecule has 1 aliphatic carbocycles. The zero-order valence-electron chi connectivity index (χ0n) is 21.7. The highest BCUT2D eigenvalue weighted by atomic mass is 35.5. The summed E-state index contributed by atoms with van der Waals surface area (Å²) < 4.78 is 12.1. The van der Waals surface area contributed by atoms with Crippen molar-refractivity contribution >= 4 is 40.3 Å². The fourth-order valence-electron chi connectivity index (χ4n) is 5.21. The second-order valence-corrected chi connectivity index (χ2v) is 10.5. The van der Waals surface area contributed by atoms with E-state index in [1.807, 2.05) is 84.7 Å². The second kappa shape index (κ2) is 10.9. The van der Waals surface area contributed by atoms with E-state index in [4.69, 9.17) is 21.1 Å². The number of hydrazine groups is 1. The summed E-state index contributed by atoms with van der Waals surface area (Å²) in [6.07, 6.45) is 6.51. The highest BCUT2D eigenvalue weighted by Crippen LogP contribution is 2.44. The van der Waals surface area contributed by atoms with Crippen LogP contribution in [0.25, 0.3) is 0 Å². The predicted molar refractivity (Wildman–Crippen MR) is 151 cm³/mol. The molecule has 7 heteroatoms. The average molecular weight is 520 g/mol. The quantitative estimate of drug-likeness (QED) is 0.336. The normalized spacial score (nSPS) is 15.9. The number of anilines is 4. The SMILES string of the molecule is COc1cc2c(cc1OCC1CCCCC1)N(c1ccc(Cl)cc1)N(c1ccc(N(C)C)cc1)C(=O)C2. The Kier molecular flexibility index (Phi) is 7.47. The van der Waals surface area contributed by atoms with Crippen LogP contribution in [0.4, 0.5) is 22.7 Å². The maximum Gasteiger partial charge on any atom is 0.250 e. The first-order chi connectivity index (χ1) is 17.9. The molecule has 3 aromatic carbocycles. The first-order valence-corrected chi connectivity index (χ1v) is 13.3. The van der Waals surface area contributed by atoms with Gasteiger partial charge in [0.2, 0.25) is 0 Å². The molecule has 0 N–H and O–H groups in total. The molecule has 1 amide bonds. The highest BCUT2D eigenvalue weighted by molar-refractivity contribution is 6.30. The second-order valence-electron chi connectivity index (χ2n) is 10.0. The van der Waals surface area contributed by atoms with E-state index in [-0.39, 0.29) is 12.3 Å². The third-order valence-electron chi connectivity index (χ3n) is 7.25. The number of carbonyl (C=O) groups is 1. The van der Waals surface area contributed by atoms with Crippen molar-refractivity contribution in [2.45, 2.75) is 38.5 Å². The van der Waals surface area contributed by atoms with Gasteiger partial charge in [0.1, 0.15) is 0 Å². The molecule has 5 rings (SSSR count). The highest BCUT2D eigenvalue weighted by Gasteiger charge is 2.34. The molecule has 1 fully saturated rings. The largest absolute Gasteiger partial charge is 0.493 e. The third-order valence-corrected chi connectivity index (χ3v) is 7.50. The number of hydrogen-bond donors (Lipinski definition) is 0. The van der Waals surface area contributed by atoms with Crippen molar-refractivity contribution in [3.63, 3.8) is 0 Å². The number of hydrogen-bond acceptors (Lipinski definition) is 5. The van der Waals surface area contributed by atoms with Gasteiger partial charge in [-0.3, -0.25) is 4.79 Å². The van der Waals surface area contributed by atoms with Crippen LogP contribution < -0.4 is 24.4 Å². The summed E-state index contributed by atoms with van der Waals surface area (Å²) in [4.78, 5) is 15.7. The van der Waals surface area contributed by atoms with Crippen molar-refractivity contribution in [2.24, 2.45) is 5.92 Å². The summed E-state index contributed by atoms with van der Waals surface area (Å²) in [5.41, 5.74) is 4.46. The number of methoxy groups -OCH3 is 1. The molecule has 0 radical (unpaired) electrons. The molecule has 0 saturated heterocycles. The van der Waals surface area contributed by atoms with Crippen molar-refractivity contribution in [1.29, 1.82) is 0 Å². The van der Waals surface area contributed by atoms with E-state index in [9.17, 15) is 4.79 Å². The Morgan fingerprint density at radius 1 is 0.892 bits per heavy atom. The summed E-state index contributed by atoms with van der Waals surface area (Å²) in [5, 5.41) is 4.33. The molecule has 1 heterocycles. The molecule has 0 unspecified atom stereocenters. The topological polar surface area (TPSA) is 45.3 Å². The van der Waals surface area contributed by atoms with Gasteiger partial charge in [-0.05, 0) is 78.9 Å². The number of carbonyl (C=O) groups excluding carboxylic acids is 1. The maximum atomic E-state index is 13.6. The van der Waals surface area contributed by atoms with Gasteiger partial charge in [0, 0.05) is 30.9 Å². The molecule has 0 spiro atoms. The lowest BCUT2D eigenvalue weighted by molar-refractivity contribution is -0.118. The van der Waals surface area contributed by atoms with Crippen LogP contribution in [0.2, 0.25) is 5.02 Å². The average Bonchev–Trinajstić information content (AvgIpc) is 2.92. The van der Waals surface area contributed by atoms with E-state index in [2.05, 4.69) is 0 Å². The first-order valence-electron chi connectivity index (χ1n) is 12.9. The molecule has 194 valence electrons. The Labute approximate surface area is 224 Å². The minimum absolute atomic E-state index is 0.0296. The van der Waals surface area contributed by atoms with Crippen molar-refractivity contribution in [2.75, 3.05) is 42.7 Å². The number of amides is 1. The van der Waals surface area contributed by atoms with Crippen LogP contribution in [0.1, 0.15) is 37.7 Å². The zero-order valence-corrected chi connectivity index (χ0v) is 22.5. The predicted octanol–water partition coefficient (Wildman–Crippen LogP) is 7.02. The molecule has 0 atom stereocenters. The number of ether oxygens (including phenoxy) is 2. The van der Waals surface area contributed by atoms with Gasteiger partial charge in [0.15, 0.2) is 11.5 Å². The summed E-state index contributed by atoms with van der Waals surface area (Å²) in [6, 6.07) is 19.5. The van der Waals surface area contributed by atoms with Gasteiger partial charge in [-0.1, -0.05) is 30.9 Å². The van der Waals surface area contributed by atoms with E-state index in [0.29, 0.717) is 29.0 Å². The summed E-state index contributed by atoms with van der Waals surface area (Å²) in [5.74, 6) is 1.89. The monoisotopic (exact) mass is 519 g/mol. The van der Waals surface area contributed by atoms with Gasteiger partial charge in [-0.2, -0.15) is 0 Å². The van der Waals surface area contributed by atoms with Crippen LogP contribution in [0, 0.1) is 5.92 Å². The van der Waals surface area contributed by atoms with E-state index in [0.717, 1.165) is 28.3 Å². The van der Waals surface area contributed by atoms with E-state index >= 15 is 0 Å². The van der Waals surface area contributed by atoms with Crippen LogP contribution >= 0.6 is 11.6 Å². The summed E-state index contributed by atoms with van der Waals surface area (Å²) >= 11 is 6.22. The van der Waals surface area contributed by atoms with Crippen molar-refractivity contribution in [3.05, 3.63) is 71.2 Å².